The molecule has 3 aromatic rings. The van der Waals surface area contributed by atoms with Crippen LogP contribution in [0.5, 0.6) is 5.75 Å². The number of carbonyl (C=O) groups excluding carboxylic acids is 1. The number of aromatic nitrogens is 2. The van der Waals surface area contributed by atoms with Gasteiger partial charge in [0.15, 0.2) is 6.61 Å². The summed E-state index contributed by atoms with van der Waals surface area (Å²) in [5, 5.41) is 3.22. The number of amides is 1. The first-order valence-corrected chi connectivity index (χ1v) is 9.98. The summed E-state index contributed by atoms with van der Waals surface area (Å²) < 4.78 is 18.4. The van der Waals surface area contributed by atoms with E-state index in [1.165, 1.54) is 24.3 Å². The summed E-state index contributed by atoms with van der Waals surface area (Å²) in [6.07, 6.45) is 3.43. The van der Waals surface area contributed by atoms with Gasteiger partial charge >= 0.3 is 0 Å². The number of anilines is 2. The van der Waals surface area contributed by atoms with Crippen molar-refractivity contribution in [1.29, 1.82) is 0 Å². The minimum atomic E-state index is -0.330. The molecule has 0 radical (unpaired) electrons. The Labute approximate surface area is 174 Å². The van der Waals surface area contributed by atoms with Gasteiger partial charge in [0.2, 0.25) is 0 Å². The highest BCUT2D eigenvalue weighted by molar-refractivity contribution is 5.77. The zero-order valence-corrected chi connectivity index (χ0v) is 16.5. The third kappa shape index (κ3) is 5.11. The van der Waals surface area contributed by atoms with Gasteiger partial charge in [-0.25, -0.2) is 14.4 Å². The van der Waals surface area contributed by atoms with E-state index in [1.54, 1.807) is 6.20 Å². The van der Waals surface area contributed by atoms with E-state index in [0.29, 0.717) is 24.8 Å². The number of hydrogen-bond donors (Lipinski definition) is 1. The summed E-state index contributed by atoms with van der Waals surface area (Å²) in [5.41, 5.74) is 1.02. The molecule has 1 saturated heterocycles. The fourth-order valence-electron chi connectivity index (χ4n) is 3.51. The molecule has 1 amide bonds. The Kier molecular flexibility index (Phi) is 6.17. The van der Waals surface area contributed by atoms with Crippen molar-refractivity contribution >= 4 is 17.5 Å². The highest BCUT2D eigenvalue weighted by Crippen LogP contribution is 2.28. The molecule has 2 aromatic heterocycles. The Balaban J connectivity index is 1.29. The number of piperidine rings is 1. The average Bonchev–Trinajstić information content (AvgIpc) is 2.79. The smallest absolute Gasteiger partial charge is 0.260 e. The van der Waals surface area contributed by atoms with Crippen LogP contribution in [0.25, 0.3) is 0 Å². The average molecular weight is 406 g/mol. The number of benzene rings is 1. The van der Waals surface area contributed by atoms with Gasteiger partial charge in [0.25, 0.3) is 5.91 Å². The first-order valence-electron chi connectivity index (χ1n) is 9.98. The van der Waals surface area contributed by atoms with E-state index in [1.807, 2.05) is 41.3 Å². The number of carbonyl (C=O) groups is 1. The molecule has 1 N–H and O–H groups in total. The summed E-state index contributed by atoms with van der Waals surface area (Å²) in [5.74, 6) is 1.92. The first-order chi connectivity index (χ1) is 14.7. The number of ether oxygens (including phenoxy) is 1. The van der Waals surface area contributed by atoms with E-state index < -0.39 is 0 Å². The molecule has 1 aromatic carbocycles. The maximum atomic E-state index is 12.9. The third-order valence-corrected chi connectivity index (χ3v) is 5.13. The predicted octanol–water partition coefficient (Wildman–Crippen LogP) is 4.14. The van der Waals surface area contributed by atoms with E-state index in [0.717, 1.165) is 30.2 Å². The molecule has 0 spiro atoms. The number of hydrogen-bond acceptors (Lipinski definition) is 5. The van der Waals surface area contributed by atoms with Gasteiger partial charge in [-0.15, -0.1) is 0 Å². The molecule has 30 heavy (non-hydrogen) atoms. The SMILES string of the molecule is O=C(COc1ccc(F)cc1)N1CCC(c2cccc(Nc3ccccn3)n2)CC1. The second kappa shape index (κ2) is 9.35. The number of pyridine rings is 2. The Bertz CT molecular complexity index is 974. The molecule has 1 fully saturated rings. The molecule has 4 rings (SSSR count). The monoisotopic (exact) mass is 406 g/mol. The number of rotatable bonds is 6. The van der Waals surface area contributed by atoms with Crippen LogP contribution >= 0.6 is 0 Å². The van der Waals surface area contributed by atoms with Crippen molar-refractivity contribution in [2.75, 3.05) is 25.0 Å². The maximum absolute atomic E-state index is 12.9. The minimum absolute atomic E-state index is 0.0436. The van der Waals surface area contributed by atoms with Crippen molar-refractivity contribution in [2.24, 2.45) is 0 Å². The lowest BCUT2D eigenvalue weighted by Gasteiger charge is -2.31. The molecule has 1 aliphatic rings. The molecule has 7 heteroatoms. The standard InChI is InChI=1S/C23H23FN4O2/c24-18-7-9-19(10-8-18)30-16-23(29)28-14-11-17(12-15-28)20-4-3-6-22(26-20)27-21-5-1-2-13-25-21/h1-10,13,17H,11-12,14-16H2,(H,25,26,27). The van der Waals surface area contributed by atoms with Crippen LogP contribution in [-0.4, -0.2) is 40.5 Å². The molecule has 1 aliphatic heterocycles. The van der Waals surface area contributed by atoms with E-state index in [2.05, 4.69) is 10.3 Å². The highest BCUT2D eigenvalue weighted by Gasteiger charge is 2.25. The Morgan fingerprint density at radius 3 is 2.53 bits per heavy atom. The third-order valence-electron chi connectivity index (χ3n) is 5.13. The zero-order chi connectivity index (χ0) is 20.8. The fraction of sp³-hybridized carbons (Fsp3) is 0.261. The molecule has 154 valence electrons. The van der Waals surface area contributed by atoms with Gasteiger partial charge in [-0.2, -0.15) is 0 Å². The molecule has 0 atom stereocenters. The lowest BCUT2D eigenvalue weighted by atomic mass is 9.93. The second-order valence-corrected chi connectivity index (χ2v) is 7.19. The lowest BCUT2D eigenvalue weighted by Crippen LogP contribution is -2.40. The van der Waals surface area contributed by atoms with Crippen molar-refractivity contribution in [3.8, 4) is 5.75 Å². The van der Waals surface area contributed by atoms with E-state index in [-0.39, 0.29) is 18.3 Å². The van der Waals surface area contributed by atoms with Gasteiger partial charge < -0.3 is 15.0 Å². The molecular weight excluding hydrogens is 383 g/mol. The van der Waals surface area contributed by atoms with Gasteiger partial charge in [-0.1, -0.05) is 12.1 Å². The quantitative estimate of drug-likeness (QED) is 0.666. The number of likely N-dealkylation sites (tertiary alicyclic amines) is 1. The number of nitrogens with zero attached hydrogens (tertiary/aromatic N) is 3. The van der Waals surface area contributed by atoms with Crippen LogP contribution in [0.4, 0.5) is 16.0 Å². The van der Waals surface area contributed by atoms with Crippen LogP contribution < -0.4 is 10.1 Å². The molecule has 6 nitrogen and oxygen atoms in total. The molecule has 0 bridgehead atoms. The van der Waals surface area contributed by atoms with Crippen molar-refractivity contribution in [1.82, 2.24) is 14.9 Å². The Morgan fingerprint density at radius 1 is 1.03 bits per heavy atom. The van der Waals surface area contributed by atoms with Crippen molar-refractivity contribution in [3.63, 3.8) is 0 Å². The van der Waals surface area contributed by atoms with Crippen LogP contribution in [0.15, 0.2) is 66.9 Å². The normalized spacial score (nSPS) is 14.4. The largest absolute Gasteiger partial charge is 0.484 e. The number of halogens is 1. The molecule has 0 saturated carbocycles. The van der Waals surface area contributed by atoms with Crippen molar-refractivity contribution in [2.45, 2.75) is 18.8 Å². The topological polar surface area (TPSA) is 67.3 Å². The summed E-state index contributed by atoms with van der Waals surface area (Å²) >= 11 is 0. The Morgan fingerprint density at radius 2 is 1.80 bits per heavy atom. The van der Waals surface area contributed by atoms with Crippen LogP contribution in [0, 0.1) is 5.82 Å². The minimum Gasteiger partial charge on any atom is -0.484 e. The van der Waals surface area contributed by atoms with Crippen LogP contribution in [0.3, 0.4) is 0 Å². The van der Waals surface area contributed by atoms with Gasteiger partial charge in [-0.3, -0.25) is 4.79 Å². The van der Waals surface area contributed by atoms with E-state index >= 15 is 0 Å². The van der Waals surface area contributed by atoms with Gasteiger partial charge in [0.1, 0.15) is 23.2 Å². The van der Waals surface area contributed by atoms with Gasteiger partial charge in [0.05, 0.1) is 0 Å². The lowest BCUT2D eigenvalue weighted by molar-refractivity contribution is -0.134. The summed E-state index contributed by atoms with van der Waals surface area (Å²) in [6, 6.07) is 17.3. The van der Waals surface area contributed by atoms with Crippen LogP contribution in [0.1, 0.15) is 24.5 Å². The molecular formula is C23H23FN4O2. The predicted molar refractivity (Wildman–Crippen MR) is 112 cm³/mol. The summed E-state index contributed by atoms with van der Waals surface area (Å²) in [6.45, 7) is 1.28. The maximum Gasteiger partial charge on any atom is 0.260 e. The molecule has 0 unspecified atom stereocenters. The molecule has 0 aliphatic carbocycles. The van der Waals surface area contributed by atoms with E-state index in [4.69, 9.17) is 9.72 Å². The Hall–Kier alpha value is -3.48. The summed E-state index contributed by atoms with van der Waals surface area (Å²) in [7, 11) is 0. The highest BCUT2D eigenvalue weighted by atomic mass is 19.1. The first kappa shape index (κ1) is 19.8. The number of nitrogens with one attached hydrogen (secondary N) is 1. The molecule has 3 heterocycles. The van der Waals surface area contributed by atoms with E-state index in [9.17, 15) is 9.18 Å². The second-order valence-electron chi connectivity index (χ2n) is 7.19. The van der Waals surface area contributed by atoms with Gasteiger partial charge in [0, 0.05) is 30.9 Å². The fourth-order valence-corrected chi connectivity index (χ4v) is 3.51. The van der Waals surface area contributed by atoms with Crippen LogP contribution in [-0.2, 0) is 4.79 Å². The van der Waals surface area contributed by atoms with Gasteiger partial charge in [-0.05, 0) is 61.4 Å². The van der Waals surface area contributed by atoms with Crippen LogP contribution in [0.2, 0.25) is 0 Å². The zero-order valence-electron chi connectivity index (χ0n) is 16.5. The van der Waals surface area contributed by atoms with Crippen molar-refractivity contribution in [3.05, 3.63) is 78.4 Å². The summed E-state index contributed by atoms with van der Waals surface area (Å²) in [4.78, 5) is 23.2. The van der Waals surface area contributed by atoms with Crippen molar-refractivity contribution < 1.29 is 13.9 Å².